The molecule has 0 saturated heterocycles. The standard InChI is InChI=1S/C9H9FN2O2S/c1-2-12(15(13)14)9-4-3-8(10)5-7(9)6-11/h3-5H,2H2,1H3,(H,13,14)/p-1. The van der Waals surface area contributed by atoms with E-state index in [0.29, 0.717) is 0 Å². The number of halogens is 1. The van der Waals surface area contributed by atoms with E-state index in [1.165, 1.54) is 6.07 Å². The Kier molecular flexibility index (Phi) is 3.77. The lowest BCUT2D eigenvalue weighted by molar-refractivity contribution is 0.533. The summed E-state index contributed by atoms with van der Waals surface area (Å²) in [5.74, 6) is -0.567. The van der Waals surface area contributed by atoms with Crippen LogP contribution in [-0.4, -0.2) is 15.3 Å². The number of nitrogens with zero attached hydrogens (tertiary/aromatic N) is 2. The van der Waals surface area contributed by atoms with E-state index in [1.54, 1.807) is 13.0 Å². The summed E-state index contributed by atoms with van der Waals surface area (Å²) in [6, 6.07) is 5.14. The first-order chi connectivity index (χ1) is 7.10. The molecule has 0 bridgehead atoms. The molecule has 0 saturated carbocycles. The molecule has 1 unspecified atom stereocenters. The van der Waals surface area contributed by atoms with E-state index in [-0.39, 0.29) is 17.8 Å². The summed E-state index contributed by atoms with van der Waals surface area (Å²) in [4.78, 5) is 0. The molecular weight excluding hydrogens is 219 g/mol. The molecule has 0 radical (unpaired) electrons. The number of hydrogen-bond acceptors (Lipinski definition) is 3. The molecule has 1 atom stereocenters. The Balaban J connectivity index is 3.24. The van der Waals surface area contributed by atoms with E-state index in [1.807, 2.05) is 0 Å². The minimum Gasteiger partial charge on any atom is -0.755 e. The highest BCUT2D eigenvalue weighted by atomic mass is 32.2. The fraction of sp³-hybridized carbons (Fsp3) is 0.222. The summed E-state index contributed by atoms with van der Waals surface area (Å²) in [6.45, 7) is 1.82. The van der Waals surface area contributed by atoms with Crippen LogP contribution in [0.4, 0.5) is 10.1 Å². The second-order valence-electron chi connectivity index (χ2n) is 2.69. The Morgan fingerprint density at radius 1 is 1.67 bits per heavy atom. The second-order valence-corrected chi connectivity index (χ2v) is 3.56. The SMILES string of the molecule is CCN(c1ccc(F)cc1C#N)S(=O)[O-]. The number of nitriles is 1. The average molecular weight is 227 g/mol. The summed E-state index contributed by atoms with van der Waals surface area (Å²) in [5.41, 5.74) is 0.191. The van der Waals surface area contributed by atoms with Gasteiger partial charge in [-0.1, -0.05) is 0 Å². The summed E-state index contributed by atoms with van der Waals surface area (Å²) in [5, 5.41) is 8.72. The van der Waals surface area contributed by atoms with Crippen molar-refractivity contribution >= 4 is 17.0 Å². The molecule has 0 aliphatic carbocycles. The van der Waals surface area contributed by atoms with Gasteiger partial charge in [-0.3, -0.25) is 4.21 Å². The lowest BCUT2D eigenvalue weighted by atomic mass is 10.2. The lowest BCUT2D eigenvalue weighted by Gasteiger charge is -2.25. The van der Waals surface area contributed by atoms with Crippen molar-refractivity contribution in [2.24, 2.45) is 0 Å². The largest absolute Gasteiger partial charge is 0.755 e. The maximum Gasteiger partial charge on any atom is 0.124 e. The van der Waals surface area contributed by atoms with Crippen molar-refractivity contribution in [2.45, 2.75) is 6.92 Å². The topological polar surface area (TPSA) is 67.2 Å². The molecule has 0 aliphatic heterocycles. The Bertz CT molecular complexity index is 431. The predicted molar refractivity (Wildman–Crippen MR) is 53.1 cm³/mol. The van der Waals surface area contributed by atoms with Crippen molar-refractivity contribution in [2.75, 3.05) is 10.8 Å². The Morgan fingerprint density at radius 2 is 2.33 bits per heavy atom. The van der Waals surface area contributed by atoms with Gasteiger partial charge in [0.1, 0.15) is 11.9 Å². The third kappa shape index (κ3) is 2.52. The molecule has 0 spiro atoms. The van der Waals surface area contributed by atoms with Gasteiger partial charge in [0, 0.05) is 17.8 Å². The van der Waals surface area contributed by atoms with Crippen molar-refractivity contribution in [3.05, 3.63) is 29.6 Å². The molecular formula is C9H8FN2O2S-. The van der Waals surface area contributed by atoms with Gasteiger partial charge < -0.3 is 8.86 Å². The van der Waals surface area contributed by atoms with Gasteiger partial charge in [-0.2, -0.15) is 5.26 Å². The first-order valence-corrected chi connectivity index (χ1v) is 5.20. The third-order valence-corrected chi connectivity index (χ3v) is 2.63. The molecule has 6 heteroatoms. The third-order valence-electron chi connectivity index (χ3n) is 1.81. The maximum atomic E-state index is 12.8. The van der Waals surface area contributed by atoms with Gasteiger partial charge in [0.2, 0.25) is 0 Å². The summed E-state index contributed by atoms with van der Waals surface area (Å²) in [7, 11) is 0. The van der Waals surface area contributed by atoms with Crippen LogP contribution in [0, 0.1) is 17.1 Å². The molecule has 1 aromatic carbocycles. The molecule has 0 N–H and O–H groups in total. The van der Waals surface area contributed by atoms with Crippen molar-refractivity contribution in [1.82, 2.24) is 0 Å². The van der Waals surface area contributed by atoms with Gasteiger partial charge >= 0.3 is 0 Å². The van der Waals surface area contributed by atoms with Crippen LogP contribution in [0.5, 0.6) is 0 Å². The zero-order valence-electron chi connectivity index (χ0n) is 7.94. The van der Waals surface area contributed by atoms with Crippen LogP contribution in [0.25, 0.3) is 0 Å². The second kappa shape index (κ2) is 4.87. The van der Waals surface area contributed by atoms with Gasteiger partial charge in [-0.15, -0.1) is 0 Å². The molecule has 0 amide bonds. The molecule has 1 aromatic rings. The van der Waals surface area contributed by atoms with E-state index in [0.717, 1.165) is 16.4 Å². The van der Waals surface area contributed by atoms with Gasteiger partial charge in [0.15, 0.2) is 0 Å². The fourth-order valence-electron chi connectivity index (χ4n) is 1.17. The molecule has 15 heavy (non-hydrogen) atoms. The number of hydrogen-bond donors (Lipinski definition) is 0. The molecule has 0 aromatic heterocycles. The predicted octanol–water partition coefficient (Wildman–Crippen LogP) is 1.32. The summed E-state index contributed by atoms with van der Waals surface area (Å²) < 4.78 is 35.4. The van der Waals surface area contributed by atoms with Crippen molar-refractivity contribution in [3.8, 4) is 6.07 Å². The van der Waals surface area contributed by atoms with E-state index in [9.17, 15) is 13.2 Å². The normalized spacial score (nSPS) is 11.9. The van der Waals surface area contributed by atoms with Crippen LogP contribution in [-0.2, 0) is 11.3 Å². The highest BCUT2D eigenvalue weighted by molar-refractivity contribution is 7.80. The van der Waals surface area contributed by atoms with Crippen LogP contribution in [0.15, 0.2) is 18.2 Å². The smallest absolute Gasteiger partial charge is 0.124 e. The number of rotatable bonds is 3. The van der Waals surface area contributed by atoms with Crippen molar-refractivity contribution in [3.63, 3.8) is 0 Å². The van der Waals surface area contributed by atoms with Gasteiger partial charge in [-0.05, 0) is 25.1 Å². The van der Waals surface area contributed by atoms with Crippen LogP contribution < -0.4 is 4.31 Å². The highest BCUT2D eigenvalue weighted by Gasteiger charge is 2.10. The van der Waals surface area contributed by atoms with E-state index >= 15 is 0 Å². The number of anilines is 1. The fourth-order valence-corrected chi connectivity index (χ4v) is 1.70. The zero-order valence-corrected chi connectivity index (χ0v) is 8.75. The minimum atomic E-state index is -2.46. The van der Waals surface area contributed by atoms with Gasteiger partial charge in [-0.25, -0.2) is 4.39 Å². The Labute approximate surface area is 89.4 Å². The van der Waals surface area contributed by atoms with Crippen LogP contribution in [0.2, 0.25) is 0 Å². The first kappa shape index (κ1) is 11.6. The molecule has 0 aliphatic rings. The van der Waals surface area contributed by atoms with Crippen LogP contribution in [0.3, 0.4) is 0 Å². The molecule has 0 fully saturated rings. The Hall–Kier alpha value is -1.45. The summed E-state index contributed by atoms with van der Waals surface area (Å²) in [6.07, 6.45) is 0. The van der Waals surface area contributed by atoms with E-state index in [2.05, 4.69) is 0 Å². The average Bonchev–Trinajstić information content (AvgIpc) is 2.20. The first-order valence-electron chi connectivity index (χ1n) is 4.16. The molecule has 0 heterocycles. The maximum absolute atomic E-state index is 12.8. The molecule has 4 nitrogen and oxygen atoms in total. The highest BCUT2D eigenvalue weighted by Crippen LogP contribution is 2.21. The zero-order chi connectivity index (χ0) is 11.4. The van der Waals surface area contributed by atoms with Gasteiger partial charge in [0.25, 0.3) is 0 Å². The van der Waals surface area contributed by atoms with E-state index in [4.69, 9.17) is 5.26 Å². The van der Waals surface area contributed by atoms with Crippen LogP contribution in [0.1, 0.15) is 12.5 Å². The van der Waals surface area contributed by atoms with Crippen LogP contribution >= 0.6 is 0 Å². The van der Waals surface area contributed by atoms with Gasteiger partial charge in [0.05, 0.1) is 11.3 Å². The molecule has 80 valence electrons. The minimum absolute atomic E-state index is 0.000972. The van der Waals surface area contributed by atoms with E-state index < -0.39 is 17.1 Å². The Morgan fingerprint density at radius 3 is 2.80 bits per heavy atom. The van der Waals surface area contributed by atoms with Crippen molar-refractivity contribution in [1.29, 1.82) is 5.26 Å². The quantitative estimate of drug-likeness (QED) is 0.731. The number of benzene rings is 1. The summed E-state index contributed by atoms with van der Waals surface area (Å²) >= 11 is -2.46. The molecule has 1 rings (SSSR count). The van der Waals surface area contributed by atoms with Crippen molar-refractivity contribution < 1.29 is 13.2 Å². The lowest BCUT2D eigenvalue weighted by Crippen LogP contribution is -2.25. The monoisotopic (exact) mass is 227 g/mol.